The predicted molar refractivity (Wildman–Crippen MR) is 113 cm³/mol. The van der Waals surface area contributed by atoms with Crippen molar-refractivity contribution in [3.63, 3.8) is 0 Å². The fourth-order valence-corrected chi connectivity index (χ4v) is 3.48. The van der Waals surface area contributed by atoms with Crippen LogP contribution in [0.2, 0.25) is 0 Å². The quantitative estimate of drug-likeness (QED) is 0.791. The Morgan fingerprint density at radius 1 is 0.793 bits per heavy atom. The van der Waals surface area contributed by atoms with Crippen molar-refractivity contribution >= 4 is 0 Å². The molecule has 0 aromatic heterocycles. The minimum atomic E-state index is 0.124. The Hall–Kier alpha value is -2.08. The van der Waals surface area contributed by atoms with Gasteiger partial charge in [0.15, 0.2) is 0 Å². The highest BCUT2D eigenvalue weighted by atomic mass is 16.5. The lowest BCUT2D eigenvalue weighted by Crippen LogP contribution is -2.18. The van der Waals surface area contributed by atoms with Crippen molar-refractivity contribution in [3.05, 3.63) is 59.7 Å². The first-order valence-corrected chi connectivity index (χ1v) is 10.6. The van der Waals surface area contributed by atoms with E-state index in [1.165, 1.54) is 11.1 Å². The van der Waals surface area contributed by atoms with E-state index in [1.54, 1.807) is 0 Å². The fraction of sp³-hybridized carbons (Fsp3) is 0.500. The van der Waals surface area contributed by atoms with E-state index in [2.05, 4.69) is 12.1 Å². The number of para-hydroxylation sites is 2. The van der Waals surface area contributed by atoms with Crippen LogP contribution < -0.4 is 9.47 Å². The molecule has 0 radical (unpaired) electrons. The first kappa shape index (κ1) is 21.6. The van der Waals surface area contributed by atoms with Gasteiger partial charge in [-0.1, -0.05) is 36.4 Å². The first-order valence-electron chi connectivity index (χ1n) is 10.6. The second-order valence-electron chi connectivity index (χ2n) is 7.17. The van der Waals surface area contributed by atoms with E-state index in [4.69, 9.17) is 24.1 Å². The number of hydrogen-bond donors (Lipinski definition) is 1. The van der Waals surface area contributed by atoms with Crippen LogP contribution in [0.1, 0.15) is 30.4 Å². The van der Waals surface area contributed by atoms with Gasteiger partial charge in [0.2, 0.25) is 0 Å². The molecule has 29 heavy (non-hydrogen) atoms. The third kappa shape index (κ3) is 7.35. The number of hydrogen-bond acceptors (Lipinski definition) is 5. The second-order valence-corrected chi connectivity index (χ2v) is 7.17. The molecule has 0 amide bonds. The van der Waals surface area contributed by atoms with Gasteiger partial charge in [-0.05, 0) is 55.4 Å². The van der Waals surface area contributed by atoms with Gasteiger partial charge in [0.1, 0.15) is 24.7 Å². The summed E-state index contributed by atoms with van der Waals surface area (Å²) in [5.41, 5.74) is 2.39. The summed E-state index contributed by atoms with van der Waals surface area (Å²) in [6.07, 6.45) is 4.38. The number of rotatable bonds is 4. The van der Waals surface area contributed by atoms with Crippen molar-refractivity contribution in [2.75, 3.05) is 39.6 Å². The van der Waals surface area contributed by atoms with Crippen LogP contribution in [-0.2, 0) is 22.3 Å². The SMILES string of the molecule is OCCCOC1CCc2ccccc2OCCOCCOc2ccccc2CC1. The number of fused-ring (bicyclic) bond motifs is 2. The molecular weight excluding hydrogens is 368 g/mol. The van der Waals surface area contributed by atoms with Crippen LogP contribution in [0.5, 0.6) is 11.5 Å². The average Bonchev–Trinajstić information content (AvgIpc) is 2.75. The van der Waals surface area contributed by atoms with E-state index in [1.807, 2.05) is 36.4 Å². The van der Waals surface area contributed by atoms with Gasteiger partial charge < -0.3 is 24.1 Å². The molecule has 0 bridgehead atoms. The Balaban J connectivity index is 1.71. The van der Waals surface area contributed by atoms with Gasteiger partial charge in [0, 0.05) is 13.2 Å². The van der Waals surface area contributed by atoms with E-state index < -0.39 is 0 Å². The number of aliphatic hydroxyl groups is 1. The van der Waals surface area contributed by atoms with Crippen molar-refractivity contribution in [2.24, 2.45) is 0 Å². The lowest BCUT2D eigenvalue weighted by molar-refractivity contribution is 0.0334. The molecule has 0 unspecified atom stereocenters. The van der Waals surface area contributed by atoms with Gasteiger partial charge in [-0.25, -0.2) is 0 Å². The minimum absolute atomic E-state index is 0.124. The maximum absolute atomic E-state index is 9.09. The van der Waals surface area contributed by atoms with E-state index in [9.17, 15) is 0 Å². The van der Waals surface area contributed by atoms with Crippen molar-refractivity contribution in [2.45, 2.75) is 38.2 Å². The van der Waals surface area contributed by atoms with Crippen LogP contribution in [0, 0.1) is 0 Å². The second kappa shape index (κ2) is 12.5. The van der Waals surface area contributed by atoms with E-state index in [0.717, 1.165) is 37.2 Å². The van der Waals surface area contributed by atoms with Gasteiger partial charge in [0.05, 0.1) is 19.3 Å². The summed E-state index contributed by atoms with van der Waals surface area (Å²) in [5, 5.41) is 9.09. The van der Waals surface area contributed by atoms with E-state index in [0.29, 0.717) is 39.5 Å². The molecule has 1 heterocycles. The molecule has 0 fully saturated rings. The van der Waals surface area contributed by atoms with Gasteiger partial charge in [-0.2, -0.15) is 0 Å². The van der Waals surface area contributed by atoms with Crippen molar-refractivity contribution in [1.82, 2.24) is 0 Å². The summed E-state index contributed by atoms with van der Waals surface area (Å²) in [6.45, 7) is 2.84. The number of aliphatic hydroxyl groups excluding tert-OH is 1. The predicted octanol–water partition coefficient (Wildman–Crippen LogP) is 3.81. The fourth-order valence-electron chi connectivity index (χ4n) is 3.48. The highest BCUT2D eigenvalue weighted by molar-refractivity contribution is 5.34. The molecule has 3 rings (SSSR count). The summed E-state index contributed by atoms with van der Waals surface area (Å²) >= 11 is 0. The maximum atomic E-state index is 9.09. The molecule has 5 heteroatoms. The molecule has 2 aromatic carbocycles. The average molecular weight is 401 g/mol. The lowest BCUT2D eigenvalue weighted by Gasteiger charge is -2.20. The van der Waals surface area contributed by atoms with Crippen molar-refractivity contribution < 1.29 is 24.1 Å². The Labute approximate surface area is 173 Å². The molecule has 158 valence electrons. The van der Waals surface area contributed by atoms with Crippen LogP contribution in [0.4, 0.5) is 0 Å². The van der Waals surface area contributed by atoms with Crippen LogP contribution in [0.25, 0.3) is 0 Å². The number of ether oxygens (including phenoxy) is 4. The Morgan fingerprint density at radius 3 is 1.90 bits per heavy atom. The molecule has 0 aliphatic carbocycles. The summed E-state index contributed by atoms with van der Waals surface area (Å²) in [6, 6.07) is 16.4. The maximum Gasteiger partial charge on any atom is 0.122 e. The molecular formula is C24H32O5. The summed E-state index contributed by atoms with van der Waals surface area (Å²) < 4.78 is 23.6. The van der Waals surface area contributed by atoms with Crippen molar-refractivity contribution in [3.8, 4) is 11.5 Å². The Bertz CT molecular complexity index is 662. The molecule has 1 aliphatic rings. The third-order valence-corrected chi connectivity index (χ3v) is 5.04. The van der Waals surface area contributed by atoms with Crippen LogP contribution in [0.15, 0.2) is 48.5 Å². The Morgan fingerprint density at radius 2 is 1.34 bits per heavy atom. The first-order chi connectivity index (χ1) is 14.4. The van der Waals surface area contributed by atoms with Gasteiger partial charge in [-0.3, -0.25) is 0 Å². The largest absolute Gasteiger partial charge is 0.491 e. The minimum Gasteiger partial charge on any atom is -0.491 e. The lowest BCUT2D eigenvalue weighted by atomic mass is 10.00. The third-order valence-electron chi connectivity index (χ3n) is 5.04. The zero-order valence-electron chi connectivity index (χ0n) is 17.1. The smallest absolute Gasteiger partial charge is 0.122 e. The van der Waals surface area contributed by atoms with Gasteiger partial charge >= 0.3 is 0 Å². The summed E-state index contributed by atoms with van der Waals surface area (Å²) in [5.74, 6) is 1.83. The topological polar surface area (TPSA) is 57.2 Å². The standard InChI is InChI=1S/C24H32O5/c25-14-5-15-27-22-12-10-20-6-1-3-8-23(20)28-18-16-26-17-19-29-24-9-4-2-7-21(24)11-13-22/h1-4,6-9,22,25H,5,10-19H2. The molecule has 0 saturated carbocycles. The molecule has 5 nitrogen and oxygen atoms in total. The zero-order chi connectivity index (χ0) is 20.2. The Kier molecular flexibility index (Phi) is 9.30. The van der Waals surface area contributed by atoms with Crippen molar-refractivity contribution in [1.29, 1.82) is 0 Å². The molecule has 1 aliphatic heterocycles. The monoisotopic (exact) mass is 400 g/mol. The molecule has 1 N–H and O–H groups in total. The number of benzene rings is 2. The highest BCUT2D eigenvalue weighted by Gasteiger charge is 2.14. The molecule has 0 saturated heterocycles. The number of aryl methyl sites for hydroxylation is 2. The molecule has 0 atom stereocenters. The van der Waals surface area contributed by atoms with Gasteiger partial charge in [0.25, 0.3) is 0 Å². The summed E-state index contributed by atoms with van der Waals surface area (Å²) in [4.78, 5) is 0. The summed E-state index contributed by atoms with van der Waals surface area (Å²) in [7, 11) is 0. The van der Waals surface area contributed by atoms with E-state index >= 15 is 0 Å². The van der Waals surface area contributed by atoms with E-state index in [-0.39, 0.29) is 12.7 Å². The van der Waals surface area contributed by atoms with Crippen LogP contribution in [-0.4, -0.2) is 50.9 Å². The molecule has 0 spiro atoms. The normalized spacial score (nSPS) is 16.9. The zero-order valence-corrected chi connectivity index (χ0v) is 17.1. The van der Waals surface area contributed by atoms with Gasteiger partial charge in [-0.15, -0.1) is 0 Å². The molecule has 2 aromatic rings. The van der Waals surface area contributed by atoms with Crippen LogP contribution in [0.3, 0.4) is 0 Å². The van der Waals surface area contributed by atoms with Crippen LogP contribution >= 0.6 is 0 Å². The highest BCUT2D eigenvalue weighted by Crippen LogP contribution is 2.24.